The molecule has 0 aliphatic carbocycles. The summed E-state index contributed by atoms with van der Waals surface area (Å²) >= 11 is 0. The van der Waals surface area contributed by atoms with E-state index in [2.05, 4.69) is 4.74 Å². The SMILES string of the molecule is COC(=O)C(N)Cc1ccc(OCc2cccc(C(F)(F)F)c2)c(OC)c1. The minimum Gasteiger partial charge on any atom is -0.493 e. The van der Waals surface area contributed by atoms with Crippen molar-refractivity contribution >= 4 is 5.97 Å². The maximum absolute atomic E-state index is 12.8. The average Bonchev–Trinajstić information content (AvgIpc) is 2.65. The molecule has 8 heteroatoms. The highest BCUT2D eigenvalue weighted by Crippen LogP contribution is 2.31. The Morgan fingerprint density at radius 1 is 1.07 bits per heavy atom. The molecule has 146 valence electrons. The van der Waals surface area contributed by atoms with Crippen LogP contribution in [-0.4, -0.2) is 26.2 Å². The molecule has 0 bridgehead atoms. The molecule has 5 nitrogen and oxygen atoms in total. The summed E-state index contributed by atoms with van der Waals surface area (Å²) in [6.07, 6.45) is -4.16. The third-order valence-corrected chi connectivity index (χ3v) is 3.84. The minimum absolute atomic E-state index is 0.0543. The van der Waals surface area contributed by atoms with E-state index in [4.69, 9.17) is 15.2 Å². The van der Waals surface area contributed by atoms with Crippen LogP contribution < -0.4 is 15.2 Å². The van der Waals surface area contributed by atoms with Crippen LogP contribution in [0.2, 0.25) is 0 Å². The van der Waals surface area contributed by atoms with Gasteiger partial charge in [-0.05, 0) is 41.8 Å². The molecule has 0 spiro atoms. The molecule has 0 heterocycles. The number of hydrogen-bond donors (Lipinski definition) is 1. The Labute approximate surface area is 154 Å². The highest BCUT2D eigenvalue weighted by atomic mass is 19.4. The number of alkyl halides is 3. The third-order valence-electron chi connectivity index (χ3n) is 3.84. The van der Waals surface area contributed by atoms with Gasteiger partial charge in [-0.15, -0.1) is 0 Å². The smallest absolute Gasteiger partial charge is 0.416 e. The second kappa shape index (κ2) is 8.77. The molecular weight excluding hydrogens is 363 g/mol. The van der Waals surface area contributed by atoms with Crippen molar-refractivity contribution in [2.24, 2.45) is 5.73 Å². The van der Waals surface area contributed by atoms with Gasteiger partial charge in [0.1, 0.15) is 12.6 Å². The predicted molar refractivity (Wildman–Crippen MR) is 92.5 cm³/mol. The van der Waals surface area contributed by atoms with E-state index < -0.39 is 23.8 Å². The lowest BCUT2D eigenvalue weighted by Crippen LogP contribution is -2.33. The summed E-state index contributed by atoms with van der Waals surface area (Å²) in [5, 5.41) is 0. The average molecular weight is 383 g/mol. The molecule has 2 N–H and O–H groups in total. The highest BCUT2D eigenvalue weighted by Gasteiger charge is 2.30. The molecular formula is C19H20F3NO4. The number of hydrogen-bond acceptors (Lipinski definition) is 5. The number of carbonyl (C=O) groups is 1. The van der Waals surface area contributed by atoms with Crippen LogP contribution in [0.3, 0.4) is 0 Å². The quantitative estimate of drug-likeness (QED) is 0.743. The topological polar surface area (TPSA) is 70.8 Å². The second-order valence-corrected chi connectivity index (χ2v) is 5.81. The number of esters is 1. The van der Waals surface area contributed by atoms with Gasteiger partial charge in [-0.3, -0.25) is 4.79 Å². The van der Waals surface area contributed by atoms with Gasteiger partial charge in [-0.2, -0.15) is 13.2 Å². The Morgan fingerprint density at radius 3 is 2.44 bits per heavy atom. The van der Waals surface area contributed by atoms with Crippen LogP contribution in [0.5, 0.6) is 11.5 Å². The van der Waals surface area contributed by atoms with Gasteiger partial charge in [0.2, 0.25) is 0 Å². The van der Waals surface area contributed by atoms with Crippen LogP contribution in [0.25, 0.3) is 0 Å². The zero-order chi connectivity index (χ0) is 20.0. The Balaban J connectivity index is 2.10. The number of rotatable bonds is 7. The van der Waals surface area contributed by atoms with Crippen LogP contribution in [0.15, 0.2) is 42.5 Å². The van der Waals surface area contributed by atoms with Gasteiger partial charge in [0.15, 0.2) is 11.5 Å². The van der Waals surface area contributed by atoms with Crippen LogP contribution in [0, 0.1) is 0 Å². The van der Waals surface area contributed by atoms with E-state index >= 15 is 0 Å². The molecule has 0 radical (unpaired) electrons. The van der Waals surface area contributed by atoms with Crippen molar-refractivity contribution in [3.8, 4) is 11.5 Å². The Morgan fingerprint density at radius 2 is 1.81 bits per heavy atom. The normalized spacial score (nSPS) is 12.4. The molecule has 0 fully saturated rings. The third kappa shape index (κ3) is 5.62. The first kappa shape index (κ1) is 20.6. The summed E-state index contributed by atoms with van der Waals surface area (Å²) in [7, 11) is 2.70. The molecule has 1 unspecified atom stereocenters. The number of carbonyl (C=O) groups excluding carboxylic acids is 1. The lowest BCUT2D eigenvalue weighted by molar-refractivity contribution is -0.142. The Hall–Kier alpha value is -2.74. The predicted octanol–water partition coefficient (Wildman–Crippen LogP) is 3.34. The summed E-state index contributed by atoms with van der Waals surface area (Å²) in [6, 6.07) is 9.08. The van der Waals surface area contributed by atoms with Gasteiger partial charge in [0, 0.05) is 0 Å². The van der Waals surface area contributed by atoms with Gasteiger partial charge in [-0.25, -0.2) is 0 Å². The summed E-state index contributed by atoms with van der Waals surface area (Å²) in [5.41, 5.74) is 6.11. The van der Waals surface area contributed by atoms with Crippen molar-refractivity contribution in [2.75, 3.05) is 14.2 Å². The molecule has 0 aliphatic rings. The molecule has 1 atom stereocenters. The van der Waals surface area contributed by atoms with E-state index in [1.165, 1.54) is 20.3 Å². The number of nitrogens with two attached hydrogens (primary N) is 1. The van der Waals surface area contributed by atoms with Crippen molar-refractivity contribution in [1.29, 1.82) is 0 Å². The number of methoxy groups -OCH3 is 2. The monoisotopic (exact) mass is 383 g/mol. The fraction of sp³-hybridized carbons (Fsp3) is 0.316. The fourth-order valence-electron chi connectivity index (χ4n) is 2.45. The van der Waals surface area contributed by atoms with E-state index in [0.29, 0.717) is 17.1 Å². The second-order valence-electron chi connectivity index (χ2n) is 5.81. The first-order valence-corrected chi connectivity index (χ1v) is 8.04. The van der Waals surface area contributed by atoms with Crippen molar-refractivity contribution in [2.45, 2.75) is 25.2 Å². The minimum atomic E-state index is -4.41. The van der Waals surface area contributed by atoms with Crippen molar-refractivity contribution in [1.82, 2.24) is 0 Å². The van der Waals surface area contributed by atoms with Crippen LogP contribution in [0.1, 0.15) is 16.7 Å². The Kier molecular flexibility index (Phi) is 6.68. The van der Waals surface area contributed by atoms with E-state index in [9.17, 15) is 18.0 Å². The van der Waals surface area contributed by atoms with Crippen molar-refractivity contribution in [3.05, 3.63) is 59.2 Å². The number of benzene rings is 2. The lowest BCUT2D eigenvalue weighted by atomic mass is 10.1. The van der Waals surface area contributed by atoms with Gasteiger partial charge in [0.05, 0.1) is 19.8 Å². The van der Waals surface area contributed by atoms with E-state index in [-0.39, 0.29) is 13.0 Å². The zero-order valence-corrected chi connectivity index (χ0v) is 14.9. The molecule has 0 aromatic heterocycles. The van der Waals surface area contributed by atoms with Gasteiger partial charge < -0.3 is 19.9 Å². The molecule has 27 heavy (non-hydrogen) atoms. The van der Waals surface area contributed by atoms with E-state index in [0.717, 1.165) is 17.7 Å². The van der Waals surface area contributed by atoms with Gasteiger partial charge >= 0.3 is 12.1 Å². The first-order chi connectivity index (χ1) is 12.7. The summed E-state index contributed by atoms with van der Waals surface area (Å²) in [5.74, 6) is 0.223. The van der Waals surface area contributed by atoms with E-state index in [1.54, 1.807) is 24.3 Å². The molecule has 2 rings (SSSR count). The maximum atomic E-state index is 12.8. The fourth-order valence-corrected chi connectivity index (χ4v) is 2.45. The first-order valence-electron chi connectivity index (χ1n) is 8.04. The maximum Gasteiger partial charge on any atom is 0.416 e. The largest absolute Gasteiger partial charge is 0.493 e. The van der Waals surface area contributed by atoms with Crippen molar-refractivity contribution < 1.29 is 32.2 Å². The molecule has 2 aromatic carbocycles. The zero-order valence-electron chi connectivity index (χ0n) is 14.9. The van der Waals surface area contributed by atoms with Crippen molar-refractivity contribution in [3.63, 3.8) is 0 Å². The lowest BCUT2D eigenvalue weighted by Gasteiger charge is -2.14. The number of ether oxygens (including phenoxy) is 3. The molecule has 0 amide bonds. The summed E-state index contributed by atoms with van der Waals surface area (Å²) < 4.78 is 53.8. The van der Waals surface area contributed by atoms with E-state index in [1.807, 2.05) is 0 Å². The van der Waals surface area contributed by atoms with Crippen LogP contribution in [0.4, 0.5) is 13.2 Å². The number of halogens is 3. The van der Waals surface area contributed by atoms with Gasteiger partial charge in [-0.1, -0.05) is 18.2 Å². The highest BCUT2D eigenvalue weighted by molar-refractivity contribution is 5.75. The standard InChI is InChI=1S/C19H20F3NO4/c1-25-17-10-12(9-15(23)18(24)26-2)6-7-16(17)27-11-13-4-3-5-14(8-13)19(20,21)22/h3-8,10,15H,9,11,23H2,1-2H3. The summed E-state index contributed by atoms with van der Waals surface area (Å²) in [4.78, 5) is 11.4. The Bertz CT molecular complexity index is 793. The summed E-state index contributed by atoms with van der Waals surface area (Å²) in [6.45, 7) is -0.0543. The molecule has 2 aromatic rings. The molecule has 0 aliphatic heterocycles. The molecule has 0 saturated heterocycles. The van der Waals surface area contributed by atoms with Crippen LogP contribution in [-0.2, 0) is 28.7 Å². The molecule has 0 saturated carbocycles. The van der Waals surface area contributed by atoms with Gasteiger partial charge in [0.25, 0.3) is 0 Å². The van der Waals surface area contributed by atoms with Crippen LogP contribution >= 0.6 is 0 Å².